The number of alkyl halides is 5. The van der Waals surface area contributed by atoms with Gasteiger partial charge in [0.2, 0.25) is 11.5 Å². The second-order valence-electron chi connectivity index (χ2n) is 10.0. The van der Waals surface area contributed by atoms with Crippen LogP contribution in [-0.4, -0.2) is 51.0 Å². The molecule has 1 aliphatic heterocycles. The maximum absolute atomic E-state index is 14.6. The first kappa shape index (κ1) is 30.1. The molecule has 0 aliphatic carbocycles. The van der Waals surface area contributed by atoms with E-state index >= 15 is 0 Å². The van der Waals surface area contributed by atoms with Crippen LogP contribution in [0.3, 0.4) is 0 Å². The number of carbonyl (C=O) groups excluding carboxylic acids is 2. The number of hydrogen-bond acceptors (Lipinski definition) is 6. The lowest BCUT2D eigenvalue weighted by atomic mass is 9.81. The van der Waals surface area contributed by atoms with Crippen LogP contribution < -0.4 is 15.8 Å². The number of carbonyl (C=O) groups is 2. The van der Waals surface area contributed by atoms with Gasteiger partial charge in [-0.1, -0.05) is 11.6 Å². The van der Waals surface area contributed by atoms with Gasteiger partial charge in [0, 0.05) is 28.3 Å². The molecule has 2 aromatic heterocycles. The summed E-state index contributed by atoms with van der Waals surface area (Å²) in [6, 6.07) is 7.42. The van der Waals surface area contributed by atoms with Crippen LogP contribution in [0.25, 0.3) is 22.2 Å². The van der Waals surface area contributed by atoms with Crippen molar-refractivity contribution in [1.82, 2.24) is 20.1 Å². The minimum absolute atomic E-state index is 0.0130. The molecular weight excluding hydrogens is 608 g/mol. The number of fused-ring (bicyclic) bond motifs is 2. The molecule has 43 heavy (non-hydrogen) atoms. The third-order valence-corrected chi connectivity index (χ3v) is 7.46. The lowest BCUT2D eigenvalue weighted by Crippen LogP contribution is -2.51. The van der Waals surface area contributed by atoms with Crippen LogP contribution in [0.1, 0.15) is 35.1 Å². The summed E-state index contributed by atoms with van der Waals surface area (Å²) in [6.07, 6.45) is -4.54. The predicted molar refractivity (Wildman–Crippen MR) is 140 cm³/mol. The minimum Gasteiger partial charge on any atom is -0.489 e. The standard InChI is InChI=1S/C27H20ClF6N5O4/c1-25(23(35)41)11-43-21-16(25)8-18(37-20(21)12-2-4-15(29)5-3-12)26(42,27(32,33)34)10-36-22(40)13-6-14-9-39(24(30)31)38-19(14)17(28)7-13/h2-9,24,42H,10-11H2,1H3,(H2,35,41)(H,36,40)/t25-,26?/m0/s1. The van der Waals surface area contributed by atoms with Crippen LogP contribution in [0.15, 0.2) is 48.7 Å². The number of ether oxygens (including phenoxy) is 1. The molecule has 2 amide bonds. The summed E-state index contributed by atoms with van der Waals surface area (Å²) in [6.45, 7) is -3.48. The molecule has 0 radical (unpaired) electrons. The Balaban J connectivity index is 1.57. The fourth-order valence-corrected chi connectivity index (χ4v) is 4.86. The van der Waals surface area contributed by atoms with Crippen molar-refractivity contribution in [2.45, 2.75) is 30.7 Å². The number of aliphatic hydroxyl groups is 1. The van der Waals surface area contributed by atoms with Gasteiger partial charge in [-0.3, -0.25) is 9.59 Å². The molecule has 2 atom stereocenters. The Hall–Kier alpha value is -4.37. The molecule has 226 valence electrons. The smallest absolute Gasteiger partial charge is 0.424 e. The van der Waals surface area contributed by atoms with Crippen molar-refractivity contribution in [3.63, 3.8) is 0 Å². The second kappa shape index (κ2) is 10.4. The van der Waals surface area contributed by atoms with Gasteiger partial charge in [0.1, 0.15) is 34.8 Å². The van der Waals surface area contributed by atoms with Gasteiger partial charge in [-0.05, 0) is 49.4 Å². The molecule has 4 N–H and O–H groups in total. The van der Waals surface area contributed by atoms with Crippen molar-refractivity contribution in [3.05, 3.63) is 76.3 Å². The molecule has 0 saturated carbocycles. The normalized spacial score (nSPS) is 17.9. The van der Waals surface area contributed by atoms with Gasteiger partial charge in [0.05, 0.1) is 17.3 Å². The summed E-state index contributed by atoms with van der Waals surface area (Å²) in [5.74, 6) is -2.80. The van der Waals surface area contributed by atoms with Gasteiger partial charge < -0.3 is 20.9 Å². The van der Waals surface area contributed by atoms with E-state index < -0.39 is 53.6 Å². The number of aromatic nitrogens is 3. The Morgan fingerprint density at radius 3 is 2.49 bits per heavy atom. The number of nitrogens with zero attached hydrogens (tertiary/aromatic N) is 3. The van der Waals surface area contributed by atoms with E-state index in [1.54, 1.807) is 0 Å². The third-order valence-electron chi connectivity index (χ3n) is 7.17. The van der Waals surface area contributed by atoms with Crippen LogP contribution in [0, 0.1) is 5.82 Å². The number of nitrogens with two attached hydrogens (primary N) is 1. The quantitative estimate of drug-likeness (QED) is 0.257. The van der Waals surface area contributed by atoms with E-state index in [1.807, 2.05) is 5.32 Å². The second-order valence-corrected chi connectivity index (χ2v) is 10.5. The van der Waals surface area contributed by atoms with Gasteiger partial charge in [-0.2, -0.15) is 27.1 Å². The topological polar surface area (TPSA) is 132 Å². The molecule has 9 nitrogen and oxygen atoms in total. The van der Waals surface area contributed by atoms with Crippen molar-refractivity contribution in [2.24, 2.45) is 5.73 Å². The van der Waals surface area contributed by atoms with Crippen LogP contribution in [0.4, 0.5) is 26.3 Å². The lowest BCUT2D eigenvalue weighted by molar-refractivity contribution is -0.265. The van der Waals surface area contributed by atoms with Crippen molar-refractivity contribution in [2.75, 3.05) is 13.2 Å². The summed E-state index contributed by atoms with van der Waals surface area (Å²) in [5, 5.41) is 16.5. The van der Waals surface area contributed by atoms with Gasteiger partial charge in [0.15, 0.2) is 0 Å². The van der Waals surface area contributed by atoms with Crippen molar-refractivity contribution in [1.29, 1.82) is 0 Å². The highest BCUT2D eigenvalue weighted by atomic mass is 35.5. The number of benzene rings is 2. The number of nitrogens with one attached hydrogen (secondary N) is 1. The van der Waals surface area contributed by atoms with E-state index in [9.17, 15) is 41.0 Å². The average Bonchev–Trinajstić information content (AvgIpc) is 3.54. The molecule has 2 aromatic carbocycles. The number of amides is 2. The Morgan fingerprint density at radius 1 is 1.21 bits per heavy atom. The first-order valence-electron chi connectivity index (χ1n) is 12.3. The SMILES string of the molecule is C[C@]1(C(N)=O)COc2c1cc(C(O)(CNC(=O)c1cc(Cl)c3nn(C(F)F)cc3c1)C(F)(F)F)nc2-c1ccc(F)cc1. The van der Waals surface area contributed by atoms with Crippen LogP contribution in [0.2, 0.25) is 5.02 Å². The highest BCUT2D eigenvalue weighted by Crippen LogP contribution is 2.47. The molecule has 1 aliphatic rings. The summed E-state index contributed by atoms with van der Waals surface area (Å²) in [5.41, 5.74) is -1.53. The number of halogens is 7. The molecule has 1 unspecified atom stereocenters. The molecular formula is C27H20ClF6N5O4. The molecule has 4 aromatic rings. The van der Waals surface area contributed by atoms with Crippen LogP contribution in [-0.2, 0) is 15.8 Å². The Kier molecular flexibility index (Phi) is 7.29. The molecule has 3 heterocycles. The Bertz CT molecular complexity index is 1760. The summed E-state index contributed by atoms with van der Waals surface area (Å²) in [4.78, 5) is 29.3. The molecule has 5 rings (SSSR count). The summed E-state index contributed by atoms with van der Waals surface area (Å²) >= 11 is 6.06. The van der Waals surface area contributed by atoms with E-state index in [-0.39, 0.29) is 50.7 Å². The fraction of sp³-hybridized carbons (Fsp3) is 0.259. The maximum Gasteiger partial charge on any atom is 0.424 e. The molecule has 0 spiro atoms. The van der Waals surface area contributed by atoms with Crippen molar-refractivity contribution >= 4 is 34.3 Å². The zero-order valence-corrected chi connectivity index (χ0v) is 22.6. The summed E-state index contributed by atoms with van der Waals surface area (Å²) < 4.78 is 89.3. The average molecular weight is 628 g/mol. The van der Waals surface area contributed by atoms with Crippen molar-refractivity contribution in [3.8, 4) is 17.0 Å². The van der Waals surface area contributed by atoms with Gasteiger partial charge in [-0.25, -0.2) is 14.1 Å². The van der Waals surface area contributed by atoms with E-state index in [0.717, 1.165) is 36.5 Å². The minimum atomic E-state index is -5.44. The van der Waals surface area contributed by atoms with E-state index in [4.69, 9.17) is 22.1 Å². The van der Waals surface area contributed by atoms with Crippen LogP contribution >= 0.6 is 11.6 Å². The van der Waals surface area contributed by atoms with Gasteiger partial charge >= 0.3 is 12.7 Å². The first-order chi connectivity index (χ1) is 20.0. The monoisotopic (exact) mass is 627 g/mol. The zero-order valence-electron chi connectivity index (χ0n) is 21.8. The first-order valence-corrected chi connectivity index (χ1v) is 12.7. The lowest BCUT2D eigenvalue weighted by Gasteiger charge is -2.31. The van der Waals surface area contributed by atoms with E-state index in [1.165, 1.54) is 19.1 Å². The van der Waals surface area contributed by atoms with Gasteiger partial charge in [-0.15, -0.1) is 0 Å². The fourth-order valence-electron chi connectivity index (χ4n) is 4.59. The van der Waals surface area contributed by atoms with Crippen molar-refractivity contribution < 1.29 is 45.8 Å². The maximum atomic E-state index is 14.6. The van der Waals surface area contributed by atoms with Gasteiger partial charge in [0.25, 0.3) is 5.91 Å². The third kappa shape index (κ3) is 5.12. The molecule has 0 bridgehead atoms. The zero-order chi connectivity index (χ0) is 31.5. The number of hydrogen-bond donors (Lipinski definition) is 3. The number of pyridine rings is 1. The molecule has 0 saturated heterocycles. The number of rotatable bonds is 7. The highest BCUT2D eigenvalue weighted by Gasteiger charge is 2.57. The van der Waals surface area contributed by atoms with E-state index in [0.29, 0.717) is 4.68 Å². The Labute approximate surface area is 243 Å². The highest BCUT2D eigenvalue weighted by molar-refractivity contribution is 6.35. The van der Waals surface area contributed by atoms with Crippen LogP contribution in [0.5, 0.6) is 5.75 Å². The molecule has 0 fully saturated rings. The number of primary amides is 1. The van der Waals surface area contributed by atoms with E-state index in [2.05, 4.69) is 10.1 Å². The molecule has 16 heteroatoms. The Morgan fingerprint density at radius 2 is 1.88 bits per heavy atom. The predicted octanol–water partition coefficient (Wildman–Crippen LogP) is 4.60. The summed E-state index contributed by atoms with van der Waals surface area (Å²) in [7, 11) is 0. The largest absolute Gasteiger partial charge is 0.489 e.